The topological polar surface area (TPSA) is 90.4 Å². The van der Waals surface area contributed by atoms with Gasteiger partial charge in [-0.15, -0.1) is 0 Å². The summed E-state index contributed by atoms with van der Waals surface area (Å²) in [4.78, 5) is 7.17. The first-order chi connectivity index (χ1) is 9.96. The lowest BCUT2D eigenvalue weighted by Gasteiger charge is -2.12. The van der Waals surface area contributed by atoms with E-state index in [1.54, 1.807) is 12.1 Å². The molecule has 0 unspecified atom stereocenters. The molecule has 0 bridgehead atoms. The molecular formula is C12H12ClN3O4S. The molecule has 0 aliphatic carbocycles. The van der Waals surface area contributed by atoms with E-state index in [0.717, 1.165) is 12.4 Å². The van der Waals surface area contributed by atoms with Gasteiger partial charge in [0.05, 0.1) is 32.3 Å². The van der Waals surface area contributed by atoms with Crippen LogP contribution >= 0.6 is 11.6 Å². The number of aromatic nitrogens is 2. The zero-order valence-electron chi connectivity index (χ0n) is 11.2. The zero-order valence-corrected chi connectivity index (χ0v) is 12.8. The first kappa shape index (κ1) is 15.3. The Kier molecular flexibility index (Phi) is 4.49. The molecule has 7 nitrogen and oxygen atoms in total. The average Bonchev–Trinajstić information content (AvgIpc) is 2.47. The molecule has 0 radical (unpaired) electrons. The summed E-state index contributed by atoms with van der Waals surface area (Å²) in [5.74, 6) is 0.843. The molecule has 0 fully saturated rings. The zero-order chi connectivity index (χ0) is 15.5. The summed E-state index contributed by atoms with van der Waals surface area (Å²) in [6, 6.07) is 4.75. The number of hydrogen-bond donors (Lipinski definition) is 1. The summed E-state index contributed by atoms with van der Waals surface area (Å²) in [5, 5.41) is -0.0343. The lowest BCUT2D eigenvalue weighted by atomic mass is 10.3. The Hall–Kier alpha value is -2.06. The van der Waals surface area contributed by atoms with Crippen LogP contribution in [0.25, 0.3) is 0 Å². The van der Waals surface area contributed by atoms with Crippen LogP contribution in [0.4, 0.5) is 5.69 Å². The number of nitrogens with one attached hydrogen (secondary N) is 1. The summed E-state index contributed by atoms with van der Waals surface area (Å²) in [6.45, 7) is 0. The van der Waals surface area contributed by atoms with Gasteiger partial charge in [0.2, 0.25) is 5.28 Å². The van der Waals surface area contributed by atoms with E-state index in [1.165, 1.54) is 20.3 Å². The lowest BCUT2D eigenvalue weighted by molar-refractivity contribution is 0.405. The predicted octanol–water partition coefficient (Wildman–Crippen LogP) is 1.95. The fourth-order valence-electron chi connectivity index (χ4n) is 1.54. The molecule has 0 saturated carbocycles. The molecule has 0 atom stereocenters. The molecular weight excluding hydrogens is 318 g/mol. The molecule has 0 aliphatic heterocycles. The molecule has 2 rings (SSSR count). The lowest BCUT2D eigenvalue weighted by Crippen LogP contribution is -2.14. The first-order valence-corrected chi connectivity index (χ1v) is 7.55. The van der Waals surface area contributed by atoms with Crippen molar-refractivity contribution in [2.45, 2.75) is 4.90 Å². The number of ether oxygens (including phenoxy) is 2. The van der Waals surface area contributed by atoms with Crippen molar-refractivity contribution in [1.82, 2.24) is 9.97 Å². The third kappa shape index (κ3) is 3.53. The highest BCUT2D eigenvalue weighted by Crippen LogP contribution is 2.30. The fraction of sp³-hybridized carbons (Fsp3) is 0.167. The van der Waals surface area contributed by atoms with Gasteiger partial charge in [0.15, 0.2) is 0 Å². The molecule has 1 aromatic heterocycles. The number of anilines is 1. The van der Waals surface area contributed by atoms with Crippen LogP contribution in [0.3, 0.4) is 0 Å². The van der Waals surface area contributed by atoms with Crippen molar-refractivity contribution in [3.05, 3.63) is 35.9 Å². The van der Waals surface area contributed by atoms with Crippen LogP contribution in [-0.2, 0) is 10.0 Å². The van der Waals surface area contributed by atoms with Gasteiger partial charge < -0.3 is 9.47 Å². The van der Waals surface area contributed by atoms with E-state index in [-0.39, 0.29) is 15.9 Å². The average molecular weight is 330 g/mol. The maximum Gasteiger partial charge on any atom is 0.265 e. The SMILES string of the molecule is COc1ccc(OC)c(NS(=O)(=O)c2cnc(Cl)nc2)c1. The van der Waals surface area contributed by atoms with Crippen molar-refractivity contribution < 1.29 is 17.9 Å². The Balaban J connectivity index is 2.38. The number of hydrogen-bond acceptors (Lipinski definition) is 6. The normalized spacial score (nSPS) is 11.0. The quantitative estimate of drug-likeness (QED) is 0.843. The highest BCUT2D eigenvalue weighted by molar-refractivity contribution is 7.92. The maximum absolute atomic E-state index is 12.3. The van der Waals surface area contributed by atoms with Gasteiger partial charge in [-0.3, -0.25) is 4.72 Å². The van der Waals surface area contributed by atoms with Crippen molar-refractivity contribution in [2.75, 3.05) is 18.9 Å². The molecule has 0 saturated heterocycles. The number of methoxy groups -OCH3 is 2. The Labute approximate surface area is 126 Å². The van der Waals surface area contributed by atoms with Gasteiger partial charge in [-0.2, -0.15) is 0 Å². The van der Waals surface area contributed by atoms with Gasteiger partial charge in [-0.25, -0.2) is 18.4 Å². The number of rotatable bonds is 5. The Morgan fingerprint density at radius 3 is 2.38 bits per heavy atom. The minimum Gasteiger partial charge on any atom is -0.497 e. The van der Waals surface area contributed by atoms with Crippen LogP contribution < -0.4 is 14.2 Å². The van der Waals surface area contributed by atoms with Crippen LogP contribution in [0.15, 0.2) is 35.5 Å². The van der Waals surface area contributed by atoms with E-state index in [1.807, 2.05) is 0 Å². The summed E-state index contributed by atoms with van der Waals surface area (Å²) >= 11 is 5.54. The van der Waals surface area contributed by atoms with Crippen LogP contribution in [0.2, 0.25) is 5.28 Å². The van der Waals surface area contributed by atoms with Gasteiger partial charge in [0, 0.05) is 6.07 Å². The third-order valence-electron chi connectivity index (χ3n) is 2.56. The van der Waals surface area contributed by atoms with Crippen molar-refractivity contribution in [3.63, 3.8) is 0 Å². The molecule has 112 valence electrons. The Morgan fingerprint density at radius 2 is 1.81 bits per heavy atom. The van der Waals surface area contributed by atoms with Crippen molar-refractivity contribution in [1.29, 1.82) is 0 Å². The van der Waals surface area contributed by atoms with Gasteiger partial charge in [0.1, 0.15) is 16.4 Å². The highest BCUT2D eigenvalue weighted by atomic mass is 35.5. The third-order valence-corrected chi connectivity index (χ3v) is 4.07. The van der Waals surface area contributed by atoms with Gasteiger partial charge in [-0.1, -0.05) is 0 Å². The fourth-order valence-corrected chi connectivity index (χ4v) is 2.58. The van der Waals surface area contributed by atoms with Crippen LogP contribution in [0, 0.1) is 0 Å². The predicted molar refractivity (Wildman–Crippen MR) is 77.4 cm³/mol. The molecule has 2 aromatic rings. The second kappa shape index (κ2) is 6.15. The van der Waals surface area contributed by atoms with Gasteiger partial charge in [-0.05, 0) is 23.7 Å². The van der Waals surface area contributed by atoms with Crippen molar-refractivity contribution >= 4 is 27.3 Å². The number of sulfonamides is 1. The Bertz CT molecular complexity index is 735. The molecule has 0 spiro atoms. The first-order valence-electron chi connectivity index (χ1n) is 5.68. The summed E-state index contributed by atoms with van der Waals surface area (Å²) in [6.07, 6.45) is 2.23. The number of nitrogens with zero attached hydrogens (tertiary/aromatic N) is 2. The minimum absolute atomic E-state index is 0.0343. The molecule has 1 N–H and O–H groups in total. The van der Waals surface area contributed by atoms with E-state index < -0.39 is 10.0 Å². The van der Waals surface area contributed by atoms with Crippen LogP contribution in [-0.4, -0.2) is 32.6 Å². The van der Waals surface area contributed by atoms with E-state index in [9.17, 15) is 8.42 Å². The van der Waals surface area contributed by atoms with E-state index in [0.29, 0.717) is 11.5 Å². The smallest absolute Gasteiger partial charge is 0.265 e. The molecule has 0 amide bonds. The van der Waals surface area contributed by atoms with E-state index in [2.05, 4.69) is 14.7 Å². The van der Waals surface area contributed by atoms with Crippen molar-refractivity contribution in [2.24, 2.45) is 0 Å². The maximum atomic E-state index is 12.3. The van der Waals surface area contributed by atoms with Crippen LogP contribution in [0.5, 0.6) is 11.5 Å². The monoisotopic (exact) mass is 329 g/mol. The molecule has 21 heavy (non-hydrogen) atoms. The second-order valence-corrected chi connectivity index (χ2v) is 5.88. The van der Waals surface area contributed by atoms with Gasteiger partial charge >= 0.3 is 0 Å². The standard InChI is InChI=1S/C12H12ClN3O4S/c1-19-8-3-4-11(20-2)10(5-8)16-21(17,18)9-6-14-12(13)15-7-9/h3-7,16H,1-2H3. The van der Waals surface area contributed by atoms with Gasteiger partial charge in [0.25, 0.3) is 10.0 Å². The second-order valence-electron chi connectivity index (χ2n) is 3.86. The van der Waals surface area contributed by atoms with Crippen LogP contribution in [0.1, 0.15) is 0 Å². The molecule has 1 heterocycles. The minimum atomic E-state index is -3.86. The molecule has 9 heteroatoms. The van der Waals surface area contributed by atoms with E-state index >= 15 is 0 Å². The molecule has 1 aromatic carbocycles. The Morgan fingerprint density at radius 1 is 1.14 bits per heavy atom. The summed E-state index contributed by atoms with van der Waals surface area (Å²) < 4.78 is 37.1. The van der Waals surface area contributed by atoms with E-state index in [4.69, 9.17) is 21.1 Å². The van der Waals surface area contributed by atoms with Crippen molar-refractivity contribution in [3.8, 4) is 11.5 Å². The number of halogens is 1. The summed E-state index contributed by atoms with van der Waals surface area (Å²) in [7, 11) is -0.942. The highest BCUT2D eigenvalue weighted by Gasteiger charge is 2.18. The molecule has 0 aliphatic rings. The largest absolute Gasteiger partial charge is 0.497 e. The number of benzene rings is 1. The summed E-state index contributed by atoms with van der Waals surface area (Å²) in [5.41, 5.74) is 0.242.